The highest BCUT2D eigenvalue weighted by Gasteiger charge is 2.29. The molecule has 2 aromatic heterocycles. The van der Waals surface area contributed by atoms with Gasteiger partial charge in [0.15, 0.2) is 17.5 Å². The monoisotopic (exact) mass is 452 g/mol. The third kappa shape index (κ3) is 3.49. The van der Waals surface area contributed by atoms with Crippen molar-refractivity contribution >= 4 is 16.8 Å². The van der Waals surface area contributed by atoms with Gasteiger partial charge in [-0.2, -0.15) is 5.10 Å². The van der Waals surface area contributed by atoms with Crippen LogP contribution >= 0.6 is 0 Å². The number of benzene rings is 2. The first-order valence-corrected chi connectivity index (χ1v) is 10.3. The van der Waals surface area contributed by atoms with Gasteiger partial charge in [-0.1, -0.05) is 18.2 Å². The van der Waals surface area contributed by atoms with Gasteiger partial charge in [-0.15, -0.1) is 0 Å². The van der Waals surface area contributed by atoms with Gasteiger partial charge in [0.2, 0.25) is 5.88 Å². The number of methoxy groups -OCH3 is 1. The predicted octanol–water partition coefficient (Wildman–Crippen LogP) is 4.26. The van der Waals surface area contributed by atoms with E-state index < -0.39 is 17.5 Å². The maximum Gasteiger partial charge on any atom is 0.255 e. The molecule has 9 heteroatoms. The number of para-hydroxylation sites is 1. The molecule has 6 nitrogen and oxygen atoms in total. The quantitative estimate of drug-likeness (QED) is 0.436. The molecule has 2 aromatic carbocycles. The summed E-state index contributed by atoms with van der Waals surface area (Å²) in [6, 6.07) is 10.9. The van der Waals surface area contributed by atoms with Crippen molar-refractivity contribution in [2.45, 2.75) is 13.0 Å². The molecule has 3 heterocycles. The maximum atomic E-state index is 13.8. The van der Waals surface area contributed by atoms with Crippen LogP contribution in [0.4, 0.5) is 13.2 Å². The van der Waals surface area contributed by atoms with E-state index in [2.05, 4.69) is 10.1 Å². The molecule has 1 aliphatic rings. The largest absolute Gasteiger partial charge is 0.481 e. The molecular formula is C24H19F3N4O2. The minimum absolute atomic E-state index is 0.191. The van der Waals surface area contributed by atoms with Gasteiger partial charge in [0.05, 0.1) is 36.1 Å². The number of hydrogen-bond acceptors (Lipinski definition) is 4. The summed E-state index contributed by atoms with van der Waals surface area (Å²) in [5.74, 6) is -3.87. The van der Waals surface area contributed by atoms with Crippen molar-refractivity contribution in [3.63, 3.8) is 0 Å². The second kappa shape index (κ2) is 7.91. The Kier molecular flexibility index (Phi) is 5.03. The van der Waals surface area contributed by atoms with Gasteiger partial charge in [-0.05, 0) is 24.6 Å². The Labute approximate surface area is 187 Å². The van der Waals surface area contributed by atoms with E-state index in [0.717, 1.165) is 17.7 Å². The van der Waals surface area contributed by atoms with E-state index in [1.165, 1.54) is 11.8 Å². The van der Waals surface area contributed by atoms with Gasteiger partial charge in [0.25, 0.3) is 5.91 Å². The minimum atomic E-state index is -1.51. The van der Waals surface area contributed by atoms with Crippen LogP contribution in [0.5, 0.6) is 5.88 Å². The van der Waals surface area contributed by atoms with Crippen molar-refractivity contribution in [3.8, 4) is 17.1 Å². The van der Waals surface area contributed by atoms with Crippen LogP contribution < -0.4 is 4.74 Å². The lowest BCUT2D eigenvalue weighted by Gasteiger charge is -2.27. The number of aromatic nitrogens is 3. The lowest BCUT2D eigenvalue weighted by molar-refractivity contribution is 0.0734. The molecule has 0 N–H and O–H groups in total. The van der Waals surface area contributed by atoms with Gasteiger partial charge >= 0.3 is 0 Å². The summed E-state index contributed by atoms with van der Waals surface area (Å²) in [6.07, 6.45) is 0.436. The molecule has 0 fully saturated rings. The normalized spacial score (nSPS) is 13.3. The number of rotatable bonds is 3. The lowest BCUT2D eigenvalue weighted by atomic mass is 9.98. The molecule has 33 heavy (non-hydrogen) atoms. The van der Waals surface area contributed by atoms with Crippen LogP contribution in [0, 0.1) is 17.5 Å². The highest BCUT2D eigenvalue weighted by atomic mass is 19.2. The molecule has 0 spiro atoms. The summed E-state index contributed by atoms with van der Waals surface area (Å²) in [4.78, 5) is 19.5. The Morgan fingerprint density at radius 3 is 2.55 bits per heavy atom. The van der Waals surface area contributed by atoms with Gasteiger partial charge < -0.3 is 9.64 Å². The fraction of sp³-hybridized carbons (Fsp3) is 0.208. The van der Waals surface area contributed by atoms with Crippen LogP contribution in [-0.2, 0) is 20.0 Å². The highest BCUT2D eigenvalue weighted by molar-refractivity contribution is 6.06. The number of fused-ring (bicyclic) bond motifs is 2. The second-order valence-electron chi connectivity index (χ2n) is 7.86. The van der Waals surface area contributed by atoms with E-state index in [4.69, 9.17) is 4.74 Å². The average Bonchev–Trinajstić information content (AvgIpc) is 3.15. The molecule has 1 amide bonds. The zero-order valence-corrected chi connectivity index (χ0v) is 17.9. The molecule has 0 atom stereocenters. The summed E-state index contributed by atoms with van der Waals surface area (Å²) < 4.78 is 47.9. The smallest absolute Gasteiger partial charge is 0.255 e. The molecule has 0 saturated heterocycles. The molecule has 168 valence electrons. The van der Waals surface area contributed by atoms with Crippen LogP contribution in [0.3, 0.4) is 0 Å². The van der Waals surface area contributed by atoms with Gasteiger partial charge in [-0.25, -0.2) is 18.2 Å². The molecule has 0 unspecified atom stereocenters. The van der Waals surface area contributed by atoms with Crippen molar-refractivity contribution < 1.29 is 22.7 Å². The summed E-state index contributed by atoms with van der Waals surface area (Å²) in [5.41, 5.74) is 3.24. The number of halogens is 3. The Balaban J connectivity index is 1.51. The minimum Gasteiger partial charge on any atom is -0.481 e. The predicted molar refractivity (Wildman–Crippen MR) is 115 cm³/mol. The molecule has 4 aromatic rings. The summed E-state index contributed by atoms with van der Waals surface area (Å²) in [7, 11) is 3.15. The van der Waals surface area contributed by atoms with Crippen molar-refractivity contribution in [1.29, 1.82) is 0 Å². The molecule has 0 radical (unpaired) electrons. The number of carbonyl (C=O) groups is 1. The fourth-order valence-corrected chi connectivity index (χ4v) is 4.35. The van der Waals surface area contributed by atoms with E-state index in [0.29, 0.717) is 46.7 Å². The zero-order chi connectivity index (χ0) is 23.3. The van der Waals surface area contributed by atoms with Crippen LogP contribution in [0.2, 0.25) is 0 Å². The molecule has 5 rings (SSSR count). The summed E-state index contributed by atoms with van der Waals surface area (Å²) in [5, 5.41) is 5.19. The lowest BCUT2D eigenvalue weighted by Crippen LogP contribution is -2.36. The van der Waals surface area contributed by atoms with Crippen molar-refractivity contribution in [2.24, 2.45) is 7.05 Å². The number of ether oxygens (including phenoxy) is 1. The first kappa shape index (κ1) is 21.0. The first-order chi connectivity index (χ1) is 15.9. The molecular weight excluding hydrogens is 433 g/mol. The summed E-state index contributed by atoms with van der Waals surface area (Å²) in [6.45, 7) is 0.614. The number of nitrogens with zero attached hydrogens (tertiary/aromatic N) is 4. The number of carbonyl (C=O) groups excluding carboxylic acids is 1. The van der Waals surface area contributed by atoms with Gasteiger partial charge in [0, 0.05) is 36.2 Å². The maximum absolute atomic E-state index is 13.8. The average molecular weight is 452 g/mol. The van der Waals surface area contributed by atoms with Crippen molar-refractivity contribution in [1.82, 2.24) is 19.7 Å². The third-order valence-corrected chi connectivity index (χ3v) is 5.88. The van der Waals surface area contributed by atoms with Gasteiger partial charge in [0.1, 0.15) is 0 Å². The SMILES string of the molecule is COc1cc(C(=O)N2CCc3c(nn(C)c3-c3cc(F)c(F)c(F)c3)C2)c2ccccc2n1. The van der Waals surface area contributed by atoms with E-state index in [-0.39, 0.29) is 18.0 Å². The van der Waals surface area contributed by atoms with Crippen LogP contribution in [0.15, 0.2) is 42.5 Å². The zero-order valence-electron chi connectivity index (χ0n) is 17.9. The van der Waals surface area contributed by atoms with Crippen LogP contribution in [0.25, 0.3) is 22.2 Å². The van der Waals surface area contributed by atoms with E-state index in [9.17, 15) is 18.0 Å². The highest BCUT2D eigenvalue weighted by Crippen LogP contribution is 2.33. The Bertz CT molecular complexity index is 1390. The topological polar surface area (TPSA) is 60.2 Å². The molecule has 0 bridgehead atoms. The second-order valence-corrected chi connectivity index (χ2v) is 7.86. The Morgan fingerprint density at radius 2 is 1.82 bits per heavy atom. The number of pyridine rings is 1. The third-order valence-electron chi connectivity index (χ3n) is 5.88. The standard InChI is InChI=1S/C24H19F3N4O2/c1-30-23(13-9-17(25)22(27)18(26)10-13)15-7-8-31(12-20(15)29-30)24(32)16-11-21(33-2)28-19-6-4-3-5-14(16)19/h3-6,9-11H,7-8,12H2,1-2H3. The van der Waals surface area contributed by atoms with E-state index in [1.807, 2.05) is 24.3 Å². The fourth-order valence-electron chi connectivity index (χ4n) is 4.35. The first-order valence-electron chi connectivity index (χ1n) is 10.3. The van der Waals surface area contributed by atoms with Gasteiger partial charge in [-0.3, -0.25) is 9.48 Å². The van der Waals surface area contributed by atoms with Crippen LogP contribution in [-0.4, -0.2) is 39.2 Å². The molecule has 1 aliphatic heterocycles. The van der Waals surface area contributed by atoms with E-state index >= 15 is 0 Å². The molecule has 0 aliphatic carbocycles. The van der Waals surface area contributed by atoms with Crippen molar-refractivity contribution in [3.05, 3.63) is 76.7 Å². The van der Waals surface area contributed by atoms with E-state index in [1.54, 1.807) is 18.0 Å². The van der Waals surface area contributed by atoms with Crippen LogP contribution in [0.1, 0.15) is 21.6 Å². The number of aryl methyl sites for hydroxylation is 1. The van der Waals surface area contributed by atoms with Crippen molar-refractivity contribution in [2.75, 3.05) is 13.7 Å². The Hall–Kier alpha value is -3.88. The Morgan fingerprint density at radius 1 is 1.09 bits per heavy atom. The molecule has 0 saturated carbocycles. The number of hydrogen-bond donors (Lipinski definition) is 0. The number of amides is 1. The summed E-state index contributed by atoms with van der Waals surface area (Å²) >= 11 is 0.